The molecule has 3 aromatic rings. The van der Waals surface area contributed by atoms with Gasteiger partial charge < -0.3 is 15.4 Å². The topological polar surface area (TPSA) is 67.4 Å². The third-order valence-electron chi connectivity index (χ3n) is 4.46. The molecule has 2 N–H and O–H groups in total. The van der Waals surface area contributed by atoms with E-state index in [1.54, 1.807) is 31.2 Å². The first kappa shape index (κ1) is 20.1. The average molecular weight is 388 g/mol. The van der Waals surface area contributed by atoms with Crippen LogP contribution in [0, 0.1) is 0 Å². The summed E-state index contributed by atoms with van der Waals surface area (Å²) < 4.78 is 4.98. The van der Waals surface area contributed by atoms with Gasteiger partial charge in [0.2, 0.25) is 0 Å². The molecule has 5 heteroatoms. The van der Waals surface area contributed by atoms with Crippen molar-refractivity contribution in [1.29, 1.82) is 0 Å². The molecule has 2 amide bonds. The van der Waals surface area contributed by atoms with Gasteiger partial charge in [0, 0.05) is 6.54 Å². The summed E-state index contributed by atoms with van der Waals surface area (Å²) in [4.78, 5) is 24.2. The minimum atomic E-state index is -0.349. The highest BCUT2D eigenvalue weighted by Gasteiger charge is 2.16. The Balaban J connectivity index is 1.63. The number of hydrogen-bond acceptors (Lipinski definition) is 3. The fourth-order valence-corrected chi connectivity index (χ4v) is 2.99. The van der Waals surface area contributed by atoms with Crippen molar-refractivity contribution >= 4 is 12.0 Å². The molecule has 0 aromatic heterocycles. The molecule has 0 radical (unpaired) electrons. The monoisotopic (exact) mass is 388 g/mol. The van der Waals surface area contributed by atoms with Gasteiger partial charge in [-0.1, -0.05) is 72.8 Å². The first-order valence-corrected chi connectivity index (χ1v) is 9.57. The number of benzene rings is 3. The van der Waals surface area contributed by atoms with E-state index in [9.17, 15) is 9.59 Å². The van der Waals surface area contributed by atoms with Crippen LogP contribution in [0.15, 0.2) is 84.9 Å². The van der Waals surface area contributed by atoms with Crippen LogP contribution < -0.4 is 10.6 Å². The van der Waals surface area contributed by atoms with Crippen LogP contribution >= 0.6 is 0 Å². The summed E-state index contributed by atoms with van der Waals surface area (Å²) in [6.45, 7) is 2.46. The van der Waals surface area contributed by atoms with E-state index in [1.165, 1.54) is 0 Å². The molecule has 0 fully saturated rings. The lowest BCUT2D eigenvalue weighted by Gasteiger charge is -2.20. The van der Waals surface area contributed by atoms with Crippen molar-refractivity contribution < 1.29 is 14.3 Å². The SMILES string of the molecule is CCOC(=O)c1ccc(CNC(=O)NC(c2ccccc2)c2ccccc2)cc1. The maximum absolute atomic E-state index is 12.5. The fraction of sp³-hybridized carbons (Fsp3) is 0.167. The maximum Gasteiger partial charge on any atom is 0.338 e. The average Bonchev–Trinajstić information content (AvgIpc) is 2.78. The molecule has 0 saturated carbocycles. The van der Waals surface area contributed by atoms with E-state index in [2.05, 4.69) is 10.6 Å². The van der Waals surface area contributed by atoms with Crippen molar-refractivity contribution in [3.05, 3.63) is 107 Å². The van der Waals surface area contributed by atoms with Crippen molar-refractivity contribution in [2.24, 2.45) is 0 Å². The van der Waals surface area contributed by atoms with Gasteiger partial charge in [0.15, 0.2) is 0 Å². The Morgan fingerprint density at radius 1 is 0.828 bits per heavy atom. The largest absolute Gasteiger partial charge is 0.462 e. The quantitative estimate of drug-likeness (QED) is 0.588. The molecule has 0 unspecified atom stereocenters. The molecule has 29 heavy (non-hydrogen) atoms. The number of ether oxygens (including phenoxy) is 1. The van der Waals surface area contributed by atoms with Crippen LogP contribution in [-0.4, -0.2) is 18.6 Å². The summed E-state index contributed by atoms with van der Waals surface area (Å²) in [5.41, 5.74) is 3.40. The summed E-state index contributed by atoms with van der Waals surface area (Å²) in [7, 11) is 0. The number of carbonyl (C=O) groups excluding carboxylic acids is 2. The summed E-state index contributed by atoms with van der Waals surface area (Å²) in [5, 5.41) is 5.92. The van der Waals surface area contributed by atoms with Crippen LogP contribution in [0.25, 0.3) is 0 Å². The van der Waals surface area contributed by atoms with Gasteiger partial charge in [0.05, 0.1) is 18.2 Å². The molecule has 0 aliphatic rings. The molecule has 5 nitrogen and oxygen atoms in total. The molecule has 0 aliphatic carbocycles. The zero-order valence-corrected chi connectivity index (χ0v) is 16.3. The molecule has 148 valence electrons. The molecule has 3 aromatic carbocycles. The standard InChI is InChI=1S/C24H24N2O3/c1-2-29-23(27)21-15-13-18(14-16-21)17-25-24(28)26-22(19-9-5-3-6-10-19)20-11-7-4-8-12-20/h3-16,22H,2,17H2,1H3,(H2,25,26,28). The van der Waals surface area contributed by atoms with Gasteiger partial charge in [-0.2, -0.15) is 0 Å². The second kappa shape index (κ2) is 10.1. The van der Waals surface area contributed by atoms with Crippen molar-refractivity contribution in [2.75, 3.05) is 6.61 Å². The highest BCUT2D eigenvalue weighted by molar-refractivity contribution is 5.89. The summed E-state index contributed by atoms with van der Waals surface area (Å²) in [6.07, 6.45) is 0. The summed E-state index contributed by atoms with van der Waals surface area (Å²) in [6, 6.07) is 26.2. The molecule has 0 atom stereocenters. The van der Waals surface area contributed by atoms with Gasteiger partial charge in [-0.3, -0.25) is 0 Å². The van der Waals surface area contributed by atoms with E-state index in [1.807, 2.05) is 60.7 Å². The Kier molecular flexibility index (Phi) is 7.00. The van der Waals surface area contributed by atoms with Gasteiger partial charge in [0.1, 0.15) is 0 Å². The smallest absolute Gasteiger partial charge is 0.338 e. The zero-order valence-electron chi connectivity index (χ0n) is 16.3. The minimum Gasteiger partial charge on any atom is -0.462 e. The molecule has 0 aliphatic heterocycles. The Morgan fingerprint density at radius 3 is 1.90 bits per heavy atom. The van der Waals surface area contributed by atoms with E-state index in [0.29, 0.717) is 18.7 Å². The number of amides is 2. The van der Waals surface area contributed by atoms with Gasteiger partial charge in [-0.25, -0.2) is 9.59 Å². The third-order valence-corrected chi connectivity index (χ3v) is 4.46. The van der Waals surface area contributed by atoms with Gasteiger partial charge in [-0.05, 0) is 35.7 Å². The van der Waals surface area contributed by atoms with Crippen molar-refractivity contribution in [2.45, 2.75) is 19.5 Å². The summed E-state index contributed by atoms with van der Waals surface area (Å²) >= 11 is 0. The molecular formula is C24H24N2O3. The predicted molar refractivity (Wildman–Crippen MR) is 112 cm³/mol. The van der Waals surface area contributed by atoms with Crippen molar-refractivity contribution in [3.8, 4) is 0 Å². The molecule has 0 bridgehead atoms. The number of hydrogen-bond donors (Lipinski definition) is 2. The number of nitrogens with one attached hydrogen (secondary N) is 2. The van der Waals surface area contributed by atoms with Crippen LogP contribution in [0.3, 0.4) is 0 Å². The Bertz CT molecular complexity index is 886. The van der Waals surface area contributed by atoms with Crippen LogP contribution in [-0.2, 0) is 11.3 Å². The molecule has 0 saturated heterocycles. The highest BCUT2D eigenvalue weighted by Crippen LogP contribution is 2.21. The first-order valence-electron chi connectivity index (χ1n) is 9.57. The lowest BCUT2D eigenvalue weighted by molar-refractivity contribution is 0.0526. The number of esters is 1. The van der Waals surface area contributed by atoms with Gasteiger partial charge >= 0.3 is 12.0 Å². The first-order chi connectivity index (χ1) is 14.2. The van der Waals surface area contributed by atoms with E-state index in [-0.39, 0.29) is 18.0 Å². The van der Waals surface area contributed by atoms with Crippen LogP contribution in [0.2, 0.25) is 0 Å². The number of carbonyl (C=O) groups is 2. The molecule has 3 rings (SSSR count). The van der Waals surface area contributed by atoms with Crippen molar-refractivity contribution in [1.82, 2.24) is 10.6 Å². The Labute approximate surface area is 170 Å². The van der Waals surface area contributed by atoms with Crippen LogP contribution in [0.4, 0.5) is 4.79 Å². The second-order valence-electron chi connectivity index (χ2n) is 6.50. The maximum atomic E-state index is 12.5. The van der Waals surface area contributed by atoms with Gasteiger partial charge in [0.25, 0.3) is 0 Å². The van der Waals surface area contributed by atoms with Crippen molar-refractivity contribution in [3.63, 3.8) is 0 Å². The highest BCUT2D eigenvalue weighted by atomic mass is 16.5. The zero-order chi connectivity index (χ0) is 20.5. The lowest BCUT2D eigenvalue weighted by atomic mass is 9.99. The van der Waals surface area contributed by atoms with Gasteiger partial charge in [-0.15, -0.1) is 0 Å². The van der Waals surface area contributed by atoms with Crippen LogP contribution in [0.5, 0.6) is 0 Å². The predicted octanol–water partition coefficient (Wildman–Crippen LogP) is 4.45. The second-order valence-corrected chi connectivity index (χ2v) is 6.50. The van der Waals surface area contributed by atoms with Crippen LogP contribution in [0.1, 0.15) is 40.0 Å². The minimum absolute atomic E-state index is 0.247. The number of rotatable bonds is 7. The van der Waals surface area contributed by atoms with E-state index in [4.69, 9.17) is 4.74 Å². The Hall–Kier alpha value is -3.60. The van der Waals surface area contributed by atoms with E-state index in [0.717, 1.165) is 16.7 Å². The lowest BCUT2D eigenvalue weighted by Crippen LogP contribution is -2.38. The Morgan fingerprint density at radius 2 is 1.38 bits per heavy atom. The molecule has 0 spiro atoms. The summed E-state index contributed by atoms with van der Waals surface area (Å²) in [5.74, 6) is -0.349. The normalized spacial score (nSPS) is 10.4. The molecule has 0 heterocycles. The fourth-order valence-electron chi connectivity index (χ4n) is 2.99. The van der Waals surface area contributed by atoms with E-state index < -0.39 is 0 Å². The number of urea groups is 1. The van der Waals surface area contributed by atoms with E-state index >= 15 is 0 Å². The molecular weight excluding hydrogens is 364 g/mol. The third kappa shape index (κ3) is 5.69.